The van der Waals surface area contributed by atoms with E-state index < -0.39 is 0 Å². The highest BCUT2D eigenvalue weighted by Crippen LogP contribution is 2.22. The monoisotopic (exact) mass is 379 g/mol. The first-order chi connectivity index (χ1) is 9.50. The molecule has 3 heteroatoms. The Labute approximate surface area is 133 Å². The fourth-order valence-electron chi connectivity index (χ4n) is 2.07. The number of nitrogens with zero attached hydrogens (tertiary/aromatic N) is 1. The molecule has 0 N–H and O–H groups in total. The summed E-state index contributed by atoms with van der Waals surface area (Å²) in [4.78, 5) is 14.4. The summed E-state index contributed by atoms with van der Waals surface area (Å²) in [5, 5.41) is 0. The molecule has 2 nitrogen and oxygen atoms in total. The van der Waals surface area contributed by atoms with Gasteiger partial charge in [-0.2, -0.15) is 0 Å². The summed E-state index contributed by atoms with van der Waals surface area (Å²) in [7, 11) is 1.86. The van der Waals surface area contributed by atoms with Crippen LogP contribution in [-0.2, 0) is 0 Å². The van der Waals surface area contributed by atoms with Gasteiger partial charge in [-0.3, -0.25) is 4.79 Å². The van der Waals surface area contributed by atoms with Crippen molar-refractivity contribution < 1.29 is 4.79 Å². The maximum Gasteiger partial charge on any atom is 0.255 e. The molecule has 2 rings (SSSR count). The fraction of sp³-hybridized carbons (Fsp3) is 0.235. The zero-order valence-electron chi connectivity index (χ0n) is 11.9. The van der Waals surface area contributed by atoms with E-state index in [2.05, 4.69) is 60.7 Å². The van der Waals surface area contributed by atoms with Crippen molar-refractivity contribution in [3.63, 3.8) is 0 Å². The molecule has 104 valence electrons. The molecule has 1 unspecified atom stereocenters. The van der Waals surface area contributed by atoms with Crippen molar-refractivity contribution >= 4 is 28.5 Å². The number of carbonyl (C=O) groups is 1. The molecule has 0 saturated carbocycles. The second-order valence-corrected chi connectivity index (χ2v) is 6.14. The Balaban J connectivity index is 2.22. The Bertz CT molecular complexity index is 607. The first-order valence-corrected chi connectivity index (χ1v) is 7.67. The van der Waals surface area contributed by atoms with Crippen LogP contribution in [0, 0.1) is 10.5 Å². The molecular formula is C17H18INO. The Kier molecular flexibility index (Phi) is 4.81. The molecule has 0 aromatic heterocycles. The van der Waals surface area contributed by atoms with Crippen LogP contribution in [-0.4, -0.2) is 17.9 Å². The maximum absolute atomic E-state index is 12.6. The summed E-state index contributed by atoms with van der Waals surface area (Å²) in [5.74, 6) is 0.0584. The Hall–Kier alpha value is -1.36. The van der Waals surface area contributed by atoms with E-state index in [4.69, 9.17) is 0 Å². The van der Waals surface area contributed by atoms with Crippen LogP contribution in [0.4, 0.5) is 0 Å². The molecule has 0 aliphatic carbocycles. The first-order valence-electron chi connectivity index (χ1n) is 6.59. The minimum Gasteiger partial charge on any atom is -0.335 e. The minimum atomic E-state index is 0.0547. The van der Waals surface area contributed by atoms with E-state index in [0.29, 0.717) is 0 Å². The standard InChI is InChI=1S/C17H18INO/c1-12-8-10-14(11-9-12)13(2)19(3)17(20)15-6-4-5-7-16(15)18/h4-11,13H,1-3H3. The van der Waals surface area contributed by atoms with Crippen LogP contribution in [0.3, 0.4) is 0 Å². The summed E-state index contributed by atoms with van der Waals surface area (Å²) < 4.78 is 0.984. The maximum atomic E-state index is 12.6. The van der Waals surface area contributed by atoms with Crippen LogP contribution < -0.4 is 0 Å². The smallest absolute Gasteiger partial charge is 0.255 e. The van der Waals surface area contributed by atoms with Crippen LogP contribution in [0.25, 0.3) is 0 Å². The molecule has 20 heavy (non-hydrogen) atoms. The number of hydrogen-bond acceptors (Lipinski definition) is 1. The van der Waals surface area contributed by atoms with Gasteiger partial charge >= 0.3 is 0 Å². The molecule has 0 fully saturated rings. The molecule has 0 heterocycles. The minimum absolute atomic E-state index is 0.0547. The van der Waals surface area contributed by atoms with Crippen molar-refractivity contribution in [3.05, 3.63) is 68.8 Å². The molecule has 0 aliphatic rings. The highest BCUT2D eigenvalue weighted by atomic mass is 127. The van der Waals surface area contributed by atoms with Gasteiger partial charge in [-0.25, -0.2) is 0 Å². The second-order valence-electron chi connectivity index (χ2n) is 4.98. The van der Waals surface area contributed by atoms with E-state index in [0.717, 1.165) is 14.7 Å². The largest absolute Gasteiger partial charge is 0.335 e. The van der Waals surface area contributed by atoms with Crippen LogP contribution >= 0.6 is 22.6 Å². The van der Waals surface area contributed by atoms with Gasteiger partial charge in [0.1, 0.15) is 0 Å². The lowest BCUT2D eigenvalue weighted by molar-refractivity contribution is 0.0741. The van der Waals surface area contributed by atoms with Gasteiger partial charge in [0.25, 0.3) is 5.91 Å². The lowest BCUT2D eigenvalue weighted by Gasteiger charge is -2.26. The predicted molar refractivity (Wildman–Crippen MR) is 90.8 cm³/mol. The van der Waals surface area contributed by atoms with Crippen LogP contribution in [0.2, 0.25) is 0 Å². The number of amides is 1. The van der Waals surface area contributed by atoms with Crippen LogP contribution in [0.1, 0.15) is 34.5 Å². The average molecular weight is 379 g/mol. The lowest BCUT2D eigenvalue weighted by Crippen LogP contribution is -2.30. The van der Waals surface area contributed by atoms with Crippen molar-refractivity contribution in [3.8, 4) is 0 Å². The van der Waals surface area contributed by atoms with Crippen molar-refractivity contribution in [2.75, 3.05) is 7.05 Å². The Morgan fingerprint density at radius 1 is 1.10 bits per heavy atom. The number of aryl methyl sites for hydroxylation is 1. The normalized spacial score (nSPS) is 12.0. The van der Waals surface area contributed by atoms with E-state index in [1.165, 1.54) is 5.56 Å². The second kappa shape index (κ2) is 6.39. The molecule has 1 atom stereocenters. The highest BCUT2D eigenvalue weighted by molar-refractivity contribution is 14.1. The SMILES string of the molecule is Cc1ccc(C(C)N(C)C(=O)c2ccccc2I)cc1. The summed E-state index contributed by atoms with van der Waals surface area (Å²) in [6.07, 6.45) is 0. The third-order valence-electron chi connectivity index (χ3n) is 3.57. The number of benzene rings is 2. The van der Waals surface area contributed by atoms with Gasteiger partial charge < -0.3 is 4.90 Å². The fourth-order valence-corrected chi connectivity index (χ4v) is 2.69. The lowest BCUT2D eigenvalue weighted by atomic mass is 10.0. The summed E-state index contributed by atoms with van der Waals surface area (Å²) in [6.45, 7) is 4.12. The number of carbonyl (C=O) groups excluding carboxylic acids is 1. The third kappa shape index (κ3) is 3.20. The summed E-state index contributed by atoms with van der Waals surface area (Å²) in [5.41, 5.74) is 3.14. The Morgan fingerprint density at radius 2 is 1.70 bits per heavy atom. The van der Waals surface area contributed by atoms with Gasteiger partial charge in [0.15, 0.2) is 0 Å². The van der Waals surface area contributed by atoms with Crippen LogP contribution in [0.15, 0.2) is 48.5 Å². The topological polar surface area (TPSA) is 20.3 Å². The van der Waals surface area contributed by atoms with Gasteiger partial charge in [0.2, 0.25) is 0 Å². The van der Waals surface area contributed by atoms with Crippen molar-refractivity contribution in [1.82, 2.24) is 4.90 Å². The van der Waals surface area contributed by atoms with E-state index in [1.807, 2.05) is 31.3 Å². The summed E-state index contributed by atoms with van der Waals surface area (Å²) >= 11 is 2.20. The van der Waals surface area contributed by atoms with E-state index >= 15 is 0 Å². The number of rotatable bonds is 3. The van der Waals surface area contributed by atoms with Crippen molar-refractivity contribution in [2.24, 2.45) is 0 Å². The first kappa shape index (κ1) is 15.0. The Morgan fingerprint density at radius 3 is 2.30 bits per heavy atom. The van der Waals surface area contributed by atoms with Gasteiger partial charge in [-0.05, 0) is 54.1 Å². The molecule has 0 aliphatic heterocycles. The van der Waals surface area contributed by atoms with Crippen LogP contribution in [0.5, 0.6) is 0 Å². The van der Waals surface area contributed by atoms with E-state index in [-0.39, 0.29) is 11.9 Å². The summed E-state index contributed by atoms with van der Waals surface area (Å²) in [6, 6.07) is 16.1. The van der Waals surface area contributed by atoms with Gasteiger partial charge in [0.05, 0.1) is 11.6 Å². The zero-order chi connectivity index (χ0) is 14.7. The molecule has 2 aromatic carbocycles. The molecule has 0 spiro atoms. The molecule has 0 saturated heterocycles. The quantitative estimate of drug-likeness (QED) is 0.723. The molecular weight excluding hydrogens is 361 g/mol. The zero-order valence-corrected chi connectivity index (χ0v) is 14.1. The van der Waals surface area contributed by atoms with E-state index in [1.54, 1.807) is 4.90 Å². The van der Waals surface area contributed by atoms with Gasteiger partial charge in [0, 0.05) is 10.6 Å². The molecule has 1 amide bonds. The highest BCUT2D eigenvalue weighted by Gasteiger charge is 2.20. The number of hydrogen-bond donors (Lipinski definition) is 0. The molecule has 0 bridgehead atoms. The van der Waals surface area contributed by atoms with E-state index in [9.17, 15) is 4.79 Å². The third-order valence-corrected chi connectivity index (χ3v) is 4.51. The predicted octanol–water partition coefficient (Wildman–Crippen LogP) is 4.43. The van der Waals surface area contributed by atoms with Crippen molar-refractivity contribution in [2.45, 2.75) is 19.9 Å². The van der Waals surface area contributed by atoms with Crippen molar-refractivity contribution in [1.29, 1.82) is 0 Å². The molecule has 0 radical (unpaired) electrons. The number of halogens is 1. The van der Waals surface area contributed by atoms with Gasteiger partial charge in [-0.1, -0.05) is 42.0 Å². The molecule has 2 aromatic rings. The van der Waals surface area contributed by atoms with Gasteiger partial charge in [-0.15, -0.1) is 0 Å². The average Bonchev–Trinajstić information content (AvgIpc) is 2.46.